The third kappa shape index (κ3) is 3.35. The summed E-state index contributed by atoms with van der Waals surface area (Å²) in [7, 11) is 0. The van der Waals surface area contributed by atoms with Crippen molar-refractivity contribution in [3.8, 4) is 11.5 Å². The number of hydrogen-bond acceptors (Lipinski definition) is 5. The molecule has 1 atom stereocenters. The molecule has 0 fully saturated rings. The predicted octanol–water partition coefficient (Wildman–Crippen LogP) is -0.401. The van der Waals surface area contributed by atoms with Crippen molar-refractivity contribution >= 4 is 17.5 Å². The van der Waals surface area contributed by atoms with Crippen LogP contribution in [0, 0.1) is 0 Å². The Balaban J connectivity index is 2.03. The van der Waals surface area contributed by atoms with Crippen molar-refractivity contribution in [3.05, 3.63) is 18.2 Å². The lowest BCUT2D eigenvalue weighted by molar-refractivity contribution is -0.123. The molecule has 1 aromatic carbocycles. The molecule has 1 aromatic rings. The van der Waals surface area contributed by atoms with Crippen LogP contribution < -0.4 is 26.3 Å². The van der Waals surface area contributed by atoms with E-state index < -0.39 is 17.9 Å². The average molecular weight is 265 g/mol. The molecule has 1 unspecified atom stereocenters. The summed E-state index contributed by atoms with van der Waals surface area (Å²) in [6.07, 6.45) is -0.198. The fraction of sp³-hybridized carbons (Fsp3) is 0.333. The minimum Gasteiger partial charge on any atom is -0.486 e. The zero-order valence-electron chi connectivity index (χ0n) is 10.2. The van der Waals surface area contributed by atoms with E-state index in [2.05, 4.69) is 5.32 Å². The van der Waals surface area contributed by atoms with E-state index in [-0.39, 0.29) is 6.42 Å². The van der Waals surface area contributed by atoms with E-state index >= 15 is 0 Å². The molecule has 7 nitrogen and oxygen atoms in total. The number of hydrogen-bond donors (Lipinski definition) is 3. The zero-order chi connectivity index (χ0) is 13.8. The number of nitrogens with one attached hydrogen (secondary N) is 1. The summed E-state index contributed by atoms with van der Waals surface area (Å²) in [6.45, 7) is 0.966. The number of rotatable bonds is 4. The van der Waals surface area contributed by atoms with Crippen LogP contribution in [0.4, 0.5) is 5.69 Å². The van der Waals surface area contributed by atoms with Gasteiger partial charge in [-0.3, -0.25) is 9.59 Å². The molecule has 1 aliphatic rings. The summed E-state index contributed by atoms with van der Waals surface area (Å²) >= 11 is 0. The number of fused-ring (bicyclic) bond motifs is 1. The third-order valence-electron chi connectivity index (χ3n) is 2.57. The van der Waals surface area contributed by atoms with E-state index in [1.54, 1.807) is 18.2 Å². The Bertz CT molecular complexity index is 504. The van der Waals surface area contributed by atoms with E-state index in [4.69, 9.17) is 20.9 Å². The van der Waals surface area contributed by atoms with Crippen LogP contribution in [0.25, 0.3) is 0 Å². The largest absolute Gasteiger partial charge is 0.486 e. The van der Waals surface area contributed by atoms with E-state index in [0.29, 0.717) is 30.4 Å². The molecular weight excluding hydrogens is 250 g/mol. The molecule has 0 aliphatic carbocycles. The van der Waals surface area contributed by atoms with Crippen molar-refractivity contribution in [2.24, 2.45) is 11.5 Å². The highest BCUT2D eigenvalue weighted by Crippen LogP contribution is 2.32. The Kier molecular flexibility index (Phi) is 3.86. The van der Waals surface area contributed by atoms with Crippen LogP contribution in [0.15, 0.2) is 18.2 Å². The molecule has 102 valence electrons. The highest BCUT2D eigenvalue weighted by molar-refractivity contribution is 5.97. The number of carbonyl (C=O) groups is 2. The Morgan fingerprint density at radius 3 is 2.63 bits per heavy atom. The van der Waals surface area contributed by atoms with E-state index in [1.165, 1.54) is 0 Å². The van der Waals surface area contributed by atoms with Crippen LogP contribution in [-0.2, 0) is 9.59 Å². The first kappa shape index (κ1) is 13.2. The van der Waals surface area contributed by atoms with Crippen LogP contribution in [0.1, 0.15) is 6.42 Å². The van der Waals surface area contributed by atoms with Crippen LogP contribution in [0.5, 0.6) is 11.5 Å². The molecular formula is C12H15N3O4. The topological polar surface area (TPSA) is 117 Å². The van der Waals surface area contributed by atoms with Gasteiger partial charge in [0.2, 0.25) is 11.8 Å². The smallest absolute Gasteiger partial charge is 0.241 e. The van der Waals surface area contributed by atoms with E-state index in [9.17, 15) is 9.59 Å². The summed E-state index contributed by atoms with van der Waals surface area (Å²) in [5, 5.41) is 2.59. The molecule has 0 saturated heterocycles. The van der Waals surface area contributed by atoms with Crippen LogP contribution in [-0.4, -0.2) is 31.1 Å². The maximum absolute atomic E-state index is 11.7. The van der Waals surface area contributed by atoms with Crippen molar-refractivity contribution in [2.75, 3.05) is 18.5 Å². The molecule has 5 N–H and O–H groups in total. The van der Waals surface area contributed by atoms with Gasteiger partial charge in [-0.05, 0) is 12.1 Å². The first-order valence-electron chi connectivity index (χ1n) is 5.80. The first-order valence-corrected chi connectivity index (χ1v) is 5.80. The van der Waals surface area contributed by atoms with Gasteiger partial charge < -0.3 is 26.3 Å². The SMILES string of the molecule is NC(=O)CC(N)C(=O)Nc1ccc2c(c1)OCCO2. The van der Waals surface area contributed by atoms with Crippen LogP contribution >= 0.6 is 0 Å². The number of benzene rings is 1. The van der Waals surface area contributed by atoms with E-state index in [1.807, 2.05) is 0 Å². The molecule has 0 bridgehead atoms. The van der Waals surface area contributed by atoms with Gasteiger partial charge in [0, 0.05) is 11.8 Å². The van der Waals surface area contributed by atoms with Crippen molar-refractivity contribution < 1.29 is 19.1 Å². The Hall–Kier alpha value is -2.28. The lowest BCUT2D eigenvalue weighted by Crippen LogP contribution is -2.39. The van der Waals surface area contributed by atoms with Crippen LogP contribution in [0.2, 0.25) is 0 Å². The van der Waals surface area contributed by atoms with Gasteiger partial charge in [0.25, 0.3) is 0 Å². The lowest BCUT2D eigenvalue weighted by atomic mass is 10.2. The maximum atomic E-state index is 11.7. The Morgan fingerprint density at radius 1 is 1.26 bits per heavy atom. The normalized spacial score (nSPS) is 14.6. The Morgan fingerprint density at radius 2 is 1.95 bits per heavy atom. The van der Waals surface area contributed by atoms with Crippen molar-refractivity contribution in [2.45, 2.75) is 12.5 Å². The fourth-order valence-electron chi connectivity index (χ4n) is 1.67. The highest BCUT2D eigenvalue weighted by Gasteiger charge is 2.17. The molecule has 0 spiro atoms. The molecule has 1 heterocycles. The second-order valence-corrected chi connectivity index (χ2v) is 4.12. The van der Waals surface area contributed by atoms with Gasteiger partial charge in [0.15, 0.2) is 11.5 Å². The molecule has 19 heavy (non-hydrogen) atoms. The quantitative estimate of drug-likeness (QED) is 0.684. The maximum Gasteiger partial charge on any atom is 0.241 e. The Labute approximate surface area is 109 Å². The average Bonchev–Trinajstić information content (AvgIpc) is 2.37. The minimum atomic E-state index is -0.967. The number of nitrogens with two attached hydrogens (primary N) is 2. The monoisotopic (exact) mass is 265 g/mol. The number of carbonyl (C=O) groups excluding carboxylic acids is 2. The summed E-state index contributed by atoms with van der Waals surface area (Å²) in [6, 6.07) is 4.04. The zero-order valence-corrected chi connectivity index (χ0v) is 10.2. The second-order valence-electron chi connectivity index (χ2n) is 4.12. The molecule has 0 radical (unpaired) electrons. The minimum absolute atomic E-state index is 0.198. The molecule has 7 heteroatoms. The molecule has 0 aromatic heterocycles. The summed E-state index contributed by atoms with van der Waals surface area (Å²) in [4.78, 5) is 22.4. The third-order valence-corrected chi connectivity index (χ3v) is 2.57. The standard InChI is InChI=1S/C12H15N3O4/c13-8(6-11(14)16)12(17)15-7-1-2-9-10(5-7)19-4-3-18-9/h1-2,5,8H,3-4,6,13H2,(H2,14,16)(H,15,17). The van der Waals surface area contributed by atoms with Crippen molar-refractivity contribution in [3.63, 3.8) is 0 Å². The molecule has 0 saturated carbocycles. The van der Waals surface area contributed by atoms with Gasteiger partial charge in [0.05, 0.1) is 12.5 Å². The number of anilines is 1. The van der Waals surface area contributed by atoms with Crippen molar-refractivity contribution in [1.82, 2.24) is 0 Å². The van der Waals surface area contributed by atoms with E-state index in [0.717, 1.165) is 0 Å². The van der Waals surface area contributed by atoms with Gasteiger partial charge in [-0.25, -0.2) is 0 Å². The number of ether oxygens (including phenoxy) is 2. The lowest BCUT2D eigenvalue weighted by Gasteiger charge is -2.19. The number of primary amides is 1. The second kappa shape index (κ2) is 5.57. The van der Waals surface area contributed by atoms with Gasteiger partial charge >= 0.3 is 0 Å². The van der Waals surface area contributed by atoms with Crippen LogP contribution in [0.3, 0.4) is 0 Å². The van der Waals surface area contributed by atoms with Gasteiger partial charge in [-0.15, -0.1) is 0 Å². The summed E-state index contributed by atoms with van der Waals surface area (Å²) < 4.78 is 10.7. The number of amides is 2. The highest BCUT2D eigenvalue weighted by atomic mass is 16.6. The van der Waals surface area contributed by atoms with Gasteiger partial charge in [0.1, 0.15) is 13.2 Å². The molecule has 2 rings (SSSR count). The van der Waals surface area contributed by atoms with Crippen molar-refractivity contribution in [1.29, 1.82) is 0 Å². The molecule has 1 aliphatic heterocycles. The fourth-order valence-corrected chi connectivity index (χ4v) is 1.67. The van der Waals surface area contributed by atoms with Gasteiger partial charge in [-0.2, -0.15) is 0 Å². The summed E-state index contributed by atoms with van der Waals surface area (Å²) in [5.74, 6) is 0.0958. The first-order chi connectivity index (χ1) is 9.06. The summed E-state index contributed by atoms with van der Waals surface area (Å²) in [5.41, 5.74) is 11.0. The molecule has 2 amide bonds. The van der Waals surface area contributed by atoms with Gasteiger partial charge in [-0.1, -0.05) is 0 Å². The predicted molar refractivity (Wildman–Crippen MR) is 67.8 cm³/mol.